The number of hydrogen-bond acceptors (Lipinski definition) is 4. The molecule has 0 aliphatic carbocycles. The molecule has 1 aliphatic rings. The Morgan fingerprint density at radius 2 is 1.83 bits per heavy atom. The maximum atomic E-state index is 13.0. The van der Waals surface area contributed by atoms with Gasteiger partial charge in [-0.3, -0.25) is 9.59 Å². The smallest absolute Gasteiger partial charge is 0.295 e. The van der Waals surface area contributed by atoms with Gasteiger partial charge in [-0.2, -0.15) is 0 Å². The summed E-state index contributed by atoms with van der Waals surface area (Å²) in [6.07, 6.45) is 1.69. The predicted octanol–water partition coefficient (Wildman–Crippen LogP) is 4.53. The topological polar surface area (TPSA) is 66.8 Å². The number of amides is 1. The molecular weight excluding hydrogens is 366 g/mol. The van der Waals surface area contributed by atoms with E-state index in [0.29, 0.717) is 17.9 Å². The number of benzene rings is 2. The average molecular weight is 393 g/mol. The van der Waals surface area contributed by atoms with Crippen molar-refractivity contribution in [3.63, 3.8) is 0 Å². The molecule has 0 spiro atoms. The zero-order valence-corrected chi connectivity index (χ0v) is 17.4. The molecule has 1 aliphatic heterocycles. The van der Waals surface area contributed by atoms with Gasteiger partial charge in [0.25, 0.3) is 11.7 Å². The minimum atomic E-state index is -0.639. The third kappa shape index (κ3) is 3.77. The third-order valence-electron chi connectivity index (χ3n) is 5.44. The van der Waals surface area contributed by atoms with Gasteiger partial charge in [0.1, 0.15) is 11.5 Å². The van der Waals surface area contributed by atoms with Crippen molar-refractivity contribution in [2.24, 2.45) is 0 Å². The summed E-state index contributed by atoms with van der Waals surface area (Å²) < 4.78 is 5.28. The standard InChI is InChI=1S/C24H27NO4/c1-5-6-13-25-21(18-10-8-7-9-15(18)2)20(23(27)24(25)28)22(26)17-11-12-19(29-4)16(3)14-17/h7-12,14,21,26H,5-6,13H2,1-4H3/b22-20+. The molecule has 0 bridgehead atoms. The van der Waals surface area contributed by atoms with E-state index in [1.807, 2.05) is 45.0 Å². The van der Waals surface area contributed by atoms with Crippen LogP contribution < -0.4 is 4.74 Å². The lowest BCUT2D eigenvalue weighted by atomic mass is 9.92. The summed E-state index contributed by atoms with van der Waals surface area (Å²) in [5, 5.41) is 11.1. The van der Waals surface area contributed by atoms with Crippen LogP contribution >= 0.6 is 0 Å². The van der Waals surface area contributed by atoms with Crippen LogP contribution in [0.5, 0.6) is 5.75 Å². The van der Waals surface area contributed by atoms with Crippen molar-refractivity contribution < 1.29 is 19.4 Å². The second kappa shape index (κ2) is 8.52. The fourth-order valence-corrected chi connectivity index (χ4v) is 3.84. The summed E-state index contributed by atoms with van der Waals surface area (Å²) in [6, 6.07) is 12.3. The molecule has 0 radical (unpaired) electrons. The van der Waals surface area contributed by atoms with E-state index in [4.69, 9.17) is 4.74 Å². The average Bonchev–Trinajstić information content (AvgIpc) is 2.96. The Kier molecular flexibility index (Phi) is 6.06. The first kappa shape index (κ1) is 20.6. The van der Waals surface area contributed by atoms with Gasteiger partial charge in [0.15, 0.2) is 0 Å². The first-order valence-corrected chi connectivity index (χ1v) is 9.89. The van der Waals surface area contributed by atoms with Crippen molar-refractivity contribution in [1.29, 1.82) is 0 Å². The number of aliphatic hydroxyl groups is 1. The molecule has 0 aromatic heterocycles. The van der Waals surface area contributed by atoms with Crippen LogP contribution in [-0.2, 0) is 9.59 Å². The van der Waals surface area contributed by atoms with Gasteiger partial charge in [-0.1, -0.05) is 37.6 Å². The SMILES string of the molecule is CCCCN1C(=O)C(=O)/C(=C(/O)c2ccc(OC)c(C)c2)C1c1ccccc1C. The van der Waals surface area contributed by atoms with Crippen LogP contribution in [0.25, 0.3) is 5.76 Å². The fraction of sp³-hybridized carbons (Fsp3) is 0.333. The Morgan fingerprint density at radius 3 is 2.45 bits per heavy atom. The highest BCUT2D eigenvalue weighted by molar-refractivity contribution is 6.46. The molecule has 3 rings (SSSR count). The maximum absolute atomic E-state index is 13.0. The van der Waals surface area contributed by atoms with Gasteiger partial charge in [-0.05, 0) is 55.2 Å². The molecule has 152 valence electrons. The minimum Gasteiger partial charge on any atom is -0.507 e. The molecule has 2 aromatic carbocycles. The van der Waals surface area contributed by atoms with Gasteiger partial charge in [0.2, 0.25) is 0 Å². The van der Waals surface area contributed by atoms with Crippen LogP contribution in [0.4, 0.5) is 0 Å². The number of carbonyl (C=O) groups excluding carboxylic acids is 2. The van der Waals surface area contributed by atoms with Gasteiger partial charge >= 0.3 is 0 Å². The van der Waals surface area contributed by atoms with E-state index >= 15 is 0 Å². The molecule has 1 N–H and O–H groups in total. The molecule has 1 amide bonds. The van der Waals surface area contributed by atoms with Crippen molar-refractivity contribution in [3.05, 3.63) is 70.3 Å². The highest BCUT2D eigenvalue weighted by Gasteiger charge is 2.46. The largest absolute Gasteiger partial charge is 0.507 e. The third-order valence-corrected chi connectivity index (χ3v) is 5.44. The summed E-state index contributed by atoms with van der Waals surface area (Å²) in [6.45, 7) is 6.33. The minimum absolute atomic E-state index is 0.143. The number of likely N-dealkylation sites (tertiary alicyclic amines) is 1. The zero-order chi connectivity index (χ0) is 21.1. The molecule has 5 nitrogen and oxygen atoms in total. The number of aliphatic hydroxyl groups excluding tert-OH is 1. The number of methoxy groups -OCH3 is 1. The van der Waals surface area contributed by atoms with E-state index in [9.17, 15) is 14.7 Å². The molecule has 1 unspecified atom stereocenters. The molecule has 1 atom stereocenters. The Balaban J connectivity index is 2.19. The molecule has 5 heteroatoms. The lowest BCUT2D eigenvalue weighted by Gasteiger charge is -2.26. The van der Waals surface area contributed by atoms with E-state index in [0.717, 1.165) is 29.5 Å². The van der Waals surface area contributed by atoms with E-state index in [2.05, 4.69) is 0 Å². The van der Waals surface area contributed by atoms with E-state index in [-0.39, 0.29) is 11.3 Å². The van der Waals surface area contributed by atoms with Gasteiger partial charge in [0.05, 0.1) is 18.7 Å². The highest BCUT2D eigenvalue weighted by Crippen LogP contribution is 2.41. The Bertz CT molecular complexity index is 977. The van der Waals surface area contributed by atoms with Crippen LogP contribution in [-0.4, -0.2) is 35.4 Å². The molecule has 1 saturated heterocycles. The van der Waals surface area contributed by atoms with Crippen LogP contribution in [0.1, 0.15) is 48.1 Å². The molecule has 29 heavy (non-hydrogen) atoms. The van der Waals surface area contributed by atoms with E-state index < -0.39 is 17.7 Å². The van der Waals surface area contributed by atoms with Crippen LogP contribution in [0.15, 0.2) is 48.0 Å². The lowest BCUT2D eigenvalue weighted by molar-refractivity contribution is -0.139. The Labute approximate surface area is 171 Å². The number of rotatable bonds is 6. The first-order chi connectivity index (χ1) is 13.9. The monoisotopic (exact) mass is 393 g/mol. The zero-order valence-electron chi connectivity index (χ0n) is 17.4. The van der Waals surface area contributed by atoms with Crippen molar-refractivity contribution in [2.45, 2.75) is 39.7 Å². The first-order valence-electron chi connectivity index (χ1n) is 9.89. The number of ether oxygens (including phenoxy) is 1. The number of Topliss-reactive ketones (excluding diaryl/α,β-unsaturated/α-hetero) is 1. The number of aryl methyl sites for hydroxylation is 2. The number of ketones is 1. The quantitative estimate of drug-likeness (QED) is 0.445. The van der Waals surface area contributed by atoms with Crippen molar-refractivity contribution in [3.8, 4) is 5.75 Å². The number of carbonyl (C=O) groups is 2. The van der Waals surface area contributed by atoms with Gasteiger partial charge < -0.3 is 14.7 Å². The maximum Gasteiger partial charge on any atom is 0.295 e. The number of unbranched alkanes of at least 4 members (excludes halogenated alkanes) is 1. The molecule has 1 heterocycles. The summed E-state index contributed by atoms with van der Waals surface area (Å²) in [7, 11) is 1.58. The molecule has 2 aromatic rings. The molecular formula is C24H27NO4. The Morgan fingerprint density at radius 1 is 1.10 bits per heavy atom. The predicted molar refractivity (Wildman–Crippen MR) is 113 cm³/mol. The van der Waals surface area contributed by atoms with Crippen molar-refractivity contribution >= 4 is 17.4 Å². The van der Waals surface area contributed by atoms with Crippen molar-refractivity contribution in [1.82, 2.24) is 4.90 Å². The molecule has 0 saturated carbocycles. The van der Waals surface area contributed by atoms with Gasteiger partial charge in [-0.25, -0.2) is 0 Å². The summed E-state index contributed by atoms with van der Waals surface area (Å²) in [4.78, 5) is 27.4. The molecule has 1 fully saturated rings. The van der Waals surface area contributed by atoms with Gasteiger partial charge in [0, 0.05) is 12.1 Å². The van der Waals surface area contributed by atoms with Gasteiger partial charge in [-0.15, -0.1) is 0 Å². The number of hydrogen-bond donors (Lipinski definition) is 1. The highest BCUT2D eigenvalue weighted by atomic mass is 16.5. The Hall–Kier alpha value is -3.08. The van der Waals surface area contributed by atoms with Crippen molar-refractivity contribution in [2.75, 3.05) is 13.7 Å². The summed E-state index contributed by atoms with van der Waals surface area (Å²) >= 11 is 0. The van der Waals surface area contributed by atoms with E-state index in [1.54, 1.807) is 30.2 Å². The lowest BCUT2D eigenvalue weighted by Crippen LogP contribution is -2.30. The summed E-state index contributed by atoms with van der Waals surface area (Å²) in [5.74, 6) is -0.652. The van der Waals surface area contributed by atoms with Crippen LogP contribution in [0.2, 0.25) is 0 Å². The second-order valence-corrected chi connectivity index (χ2v) is 7.39. The summed E-state index contributed by atoms with van der Waals surface area (Å²) in [5.41, 5.74) is 3.30. The van der Waals surface area contributed by atoms with E-state index in [1.165, 1.54) is 0 Å². The normalized spacial score (nSPS) is 18.3. The number of nitrogens with zero attached hydrogens (tertiary/aromatic N) is 1. The fourth-order valence-electron chi connectivity index (χ4n) is 3.84. The van der Waals surface area contributed by atoms with Crippen LogP contribution in [0.3, 0.4) is 0 Å². The second-order valence-electron chi connectivity index (χ2n) is 7.39. The van der Waals surface area contributed by atoms with Crippen LogP contribution in [0, 0.1) is 13.8 Å².